The molecule has 8 heteroatoms. The van der Waals surface area contributed by atoms with Crippen molar-refractivity contribution in [3.05, 3.63) is 39.2 Å². The number of hydrazone groups is 1. The maximum Gasteiger partial charge on any atom is 0.205 e. The van der Waals surface area contributed by atoms with Gasteiger partial charge in [-0.05, 0) is 22.0 Å². The Morgan fingerprint density at radius 1 is 1.44 bits per heavy atom. The highest BCUT2D eigenvalue weighted by atomic mass is 79.9. The first kappa shape index (κ1) is 12.9. The Bertz CT molecular complexity index is 576. The molecule has 0 amide bonds. The number of benzene rings is 1. The fourth-order valence-electron chi connectivity index (χ4n) is 1.17. The van der Waals surface area contributed by atoms with E-state index in [2.05, 4.69) is 31.4 Å². The summed E-state index contributed by atoms with van der Waals surface area (Å²) < 4.78 is 26.5. The Morgan fingerprint density at radius 3 is 2.83 bits per heavy atom. The molecule has 0 spiro atoms. The van der Waals surface area contributed by atoms with Crippen molar-refractivity contribution >= 4 is 44.4 Å². The van der Waals surface area contributed by atoms with E-state index in [4.69, 9.17) is 5.73 Å². The number of thiazole rings is 1. The molecule has 0 bridgehead atoms. The van der Waals surface area contributed by atoms with E-state index in [0.29, 0.717) is 10.9 Å². The number of aromatic nitrogens is 1. The number of anilines is 2. The average Bonchev–Trinajstić information content (AvgIpc) is 2.68. The predicted molar refractivity (Wildman–Crippen MR) is 71.8 cm³/mol. The van der Waals surface area contributed by atoms with Crippen LogP contribution in [-0.2, 0) is 0 Å². The van der Waals surface area contributed by atoms with E-state index < -0.39 is 11.6 Å². The average molecular weight is 333 g/mol. The van der Waals surface area contributed by atoms with Gasteiger partial charge in [-0.1, -0.05) is 0 Å². The highest BCUT2D eigenvalue weighted by Crippen LogP contribution is 2.20. The first-order chi connectivity index (χ1) is 8.56. The number of nitrogen functional groups attached to an aromatic ring is 1. The Hall–Kier alpha value is -1.54. The minimum Gasteiger partial charge on any atom is -0.383 e. The smallest absolute Gasteiger partial charge is 0.205 e. The summed E-state index contributed by atoms with van der Waals surface area (Å²) in [5, 5.41) is 5.93. The van der Waals surface area contributed by atoms with Crippen LogP contribution in [-0.4, -0.2) is 11.2 Å². The molecule has 1 aromatic heterocycles. The molecule has 4 nitrogen and oxygen atoms in total. The van der Waals surface area contributed by atoms with Gasteiger partial charge in [-0.2, -0.15) is 5.10 Å². The molecule has 1 heterocycles. The number of nitrogens with zero attached hydrogens (tertiary/aromatic N) is 2. The lowest BCUT2D eigenvalue weighted by Crippen LogP contribution is -1.95. The van der Waals surface area contributed by atoms with Gasteiger partial charge in [0.15, 0.2) is 0 Å². The van der Waals surface area contributed by atoms with Gasteiger partial charge < -0.3 is 5.73 Å². The molecule has 0 unspecified atom stereocenters. The Balaban J connectivity index is 2.14. The SMILES string of the molecule is Nc1csc(NN=Cc2c(F)cc(F)cc2Br)n1. The van der Waals surface area contributed by atoms with Crippen LogP contribution in [0.25, 0.3) is 0 Å². The molecule has 3 N–H and O–H groups in total. The van der Waals surface area contributed by atoms with E-state index in [1.54, 1.807) is 5.38 Å². The van der Waals surface area contributed by atoms with E-state index in [1.165, 1.54) is 17.6 Å². The molecule has 0 saturated heterocycles. The van der Waals surface area contributed by atoms with Crippen LogP contribution < -0.4 is 11.2 Å². The first-order valence-corrected chi connectivity index (χ1v) is 6.38. The zero-order valence-electron chi connectivity index (χ0n) is 8.82. The number of rotatable bonds is 3. The summed E-state index contributed by atoms with van der Waals surface area (Å²) in [6.45, 7) is 0. The fraction of sp³-hybridized carbons (Fsp3) is 0. The molecule has 18 heavy (non-hydrogen) atoms. The van der Waals surface area contributed by atoms with Gasteiger partial charge in [0.25, 0.3) is 0 Å². The standard InChI is InChI=1S/C10H7BrF2N4S/c11-7-1-5(12)2-8(13)6(7)3-15-17-10-16-9(14)4-18-10/h1-4H,14H2,(H,16,17). The maximum absolute atomic E-state index is 13.4. The van der Waals surface area contributed by atoms with Gasteiger partial charge >= 0.3 is 0 Å². The summed E-state index contributed by atoms with van der Waals surface area (Å²) in [4.78, 5) is 3.91. The molecule has 2 aromatic rings. The second-order valence-corrected chi connectivity index (χ2v) is 4.94. The topological polar surface area (TPSA) is 63.3 Å². The van der Waals surface area contributed by atoms with E-state index in [0.717, 1.165) is 12.1 Å². The lowest BCUT2D eigenvalue weighted by molar-refractivity contribution is 0.580. The van der Waals surface area contributed by atoms with Gasteiger partial charge in [-0.15, -0.1) is 11.3 Å². The molecule has 0 aliphatic carbocycles. The summed E-state index contributed by atoms with van der Waals surface area (Å²) in [7, 11) is 0. The van der Waals surface area contributed by atoms with Crippen molar-refractivity contribution in [2.75, 3.05) is 11.2 Å². The third kappa shape index (κ3) is 3.02. The van der Waals surface area contributed by atoms with Gasteiger partial charge in [0, 0.05) is 21.5 Å². The Kier molecular flexibility index (Phi) is 3.87. The van der Waals surface area contributed by atoms with Crippen LogP contribution in [0.5, 0.6) is 0 Å². The quantitative estimate of drug-likeness (QED) is 0.670. The number of nitrogens with one attached hydrogen (secondary N) is 1. The van der Waals surface area contributed by atoms with Crippen molar-refractivity contribution in [3.63, 3.8) is 0 Å². The normalized spacial score (nSPS) is 11.1. The number of nitrogens with two attached hydrogens (primary N) is 1. The van der Waals surface area contributed by atoms with Crippen molar-refractivity contribution in [3.8, 4) is 0 Å². The van der Waals surface area contributed by atoms with Crippen molar-refractivity contribution in [2.24, 2.45) is 5.10 Å². The second-order valence-electron chi connectivity index (χ2n) is 3.23. The molecule has 0 fully saturated rings. The maximum atomic E-state index is 13.4. The minimum atomic E-state index is -0.703. The van der Waals surface area contributed by atoms with E-state index >= 15 is 0 Å². The zero-order valence-corrected chi connectivity index (χ0v) is 11.2. The van der Waals surface area contributed by atoms with Crippen molar-refractivity contribution in [1.82, 2.24) is 4.98 Å². The van der Waals surface area contributed by atoms with E-state index in [1.807, 2.05) is 0 Å². The fourth-order valence-corrected chi connectivity index (χ4v) is 2.23. The minimum absolute atomic E-state index is 0.147. The number of halogens is 3. The molecule has 2 rings (SSSR count). The van der Waals surface area contributed by atoms with Crippen molar-refractivity contribution in [1.29, 1.82) is 0 Å². The highest BCUT2D eigenvalue weighted by molar-refractivity contribution is 9.10. The lowest BCUT2D eigenvalue weighted by Gasteiger charge is -2.00. The number of hydrogen-bond donors (Lipinski definition) is 2. The summed E-state index contributed by atoms with van der Waals surface area (Å²) in [5.74, 6) is -0.977. The Morgan fingerprint density at radius 2 is 2.22 bits per heavy atom. The Labute approximate surface area is 114 Å². The van der Waals surface area contributed by atoms with E-state index in [9.17, 15) is 8.78 Å². The van der Waals surface area contributed by atoms with E-state index in [-0.39, 0.29) is 10.0 Å². The third-order valence-corrected chi connectivity index (χ3v) is 3.34. The molecule has 0 aliphatic heterocycles. The molecule has 0 saturated carbocycles. The first-order valence-electron chi connectivity index (χ1n) is 4.71. The molecule has 94 valence electrons. The van der Waals surface area contributed by atoms with Gasteiger partial charge in [-0.3, -0.25) is 5.43 Å². The van der Waals surface area contributed by atoms with Crippen LogP contribution in [0.4, 0.5) is 19.7 Å². The predicted octanol–water partition coefficient (Wildman–Crippen LogP) is 3.21. The number of hydrogen-bond acceptors (Lipinski definition) is 5. The summed E-state index contributed by atoms with van der Waals surface area (Å²) in [5.41, 5.74) is 8.17. The van der Waals surface area contributed by atoms with Crippen LogP contribution >= 0.6 is 27.3 Å². The summed E-state index contributed by atoms with van der Waals surface area (Å²) in [6, 6.07) is 1.94. The highest BCUT2D eigenvalue weighted by Gasteiger charge is 2.07. The summed E-state index contributed by atoms with van der Waals surface area (Å²) in [6.07, 6.45) is 1.23. The largest absolute Gasteiger partial charge is 0.383 e. The molecule has 0 atom stereocenters. The third-order valence-electron chi connectivity index (χ3n) is 1.92. The zero-order chi connectivity index (χ0) is 13.1. The van der Waals surface area contributed by atoms with Crippen LogP contribution in [0.2, 0.25) is 0 Å². The summed E-state index contributed by atoms with van der Waals surface area (Å²) >= 11 is 4.33. The van der Waals surface area contributed by atoms with Gasteiger partial charge in [0.2, 0.25) is 5.13 Å². The van der Waals surface area contributed by atoms with Crippen LogP contribution in [0.3, 0.4) is 0 Å². The van der Waals surface area contributed by atoms with Crippen LogP contribution in [0.1, 0.15) is 5.56 Å². The van der Waals surface area contributed by atoms with Crippen LogP contribution in [0, 0.1) is 11.6 Å². The molecule has 0 aliphatic rings. The molecular formula is C10H7BrF2N4S. The van der Waals surface area contributed by atoms with Crippen LogP contribution in [0.15, 0.2) is 27.1 Å². The molecule has 1 aromatic carbocycles. The van der Waals surface area contributed by atoms with Gasteiger partial charge in [-0.25, -0.2) is 13.8 Å². The van der Waals surface area contributed by atoms with Crippen molar-refractivity contribution < 1.29 is 8.78 Å². The molecule has 0 radical (unpaired) electrons. The van der Waals surface area contributed by atoms with Gasteiger partial charge in [0.05, 0.1) is 6.21 Å². The lowest BCUT2D eigenvalue weighted by atomic mass is 10.2. The monoisotopic (exact) mass is 332 g/mol. The van der Waals surface area contributed by atoms with Gasteiger partial charge in [0.1, 0.15) is 17.5 Å². The second kappa shape index (κ2) is 5.40. The van der Waals surface area contributed by atoms with Crippen molar-refractivity contribution in [2.45, 2.75) is 0 Å². The molecular weight excluding hydrogens is 326 g/mol.